The molecule has 1 heterocycles. The largest absolute Gasteiger partial charge is 0.343 e. The molecule has 0 bridgehead atoms. The third kappa shape index (κ3) is 5.07. The molecule has 2 aromatic carbocycles. The maximum Gasteiger partial charge on any atom is 0.223 e. The molecule has 134 valence electrons. The molecule has 1 fully saturated rings. The van der Waals surface area contributed by atoms with E-state index in [1.807, 2.05) is 48.3 Å². The molecule has 1 aliphatic heterocycles. The lowest BCUT2D eigenvalue weighted by Crippen LogP contribution is -2.44. The molecule has 0 aliphatic carbocycles. The second kappa shape index (κ2) is 9.59. The molecule has 1 N–H and O–H groups in total. The zero-order chi connectivity index (χ0) is 16.8. The third-order valence-corrected chi connectivity index (χ3v) is 5.03. The Labute approximate surface area is 156 Å². The number of carbonyl (C=O) groups is 1. The molecule has 1 aliphatic rings. The summed E-state index contributed by atoms with van der Waals surface area (Å²) in [6.45, 7) is 2.01. The molecule has 0 unspecified atom stereocenters. The van der Waals surface area contributed by atoms with E-state index < -0.39 is 0 Å². The van der Waals surface area contributed by atoms with Crippen molar-refractivity contribution in [2.45, 2.75) is 31.2 Å². The van der Waals surface area contributed by atoms with Crippen molar-refractivity contribution < 1.29 is 4.79 Å². The van der Waals surface area contributed by atoms with Crippen molar-refractivity contribution in [2.75, 3.05) is 20.1 Å². The molecule has 0 radical (unpaired) electrons. The molecule has 0 spiro atoms. The summed E-state index contributed by atoms with van der Waals surface area (Å²) in [5, 5.41) is 3.36. The first kappa shape index (κ1) is 19.5. The highest BCUT2D eigenvalue weighted by Crippen LogP contribution is 2.29. The normalized spacial score (nSPS) is 14.8. The Morgan fingerprint density at radius 3 is 1.96 bits per heavy atom. The summed E-state index contributed by atoms with van der Waals surface area (Å²) in [7, 11) is 1.96. The van der Waals surface area contributed by atoms with Crippen LogP contribution in [0, 0.1) is 0 Å². The minimum atomic E-state index is 0. The van der Waals surface area contributed by atoms with Gasteiger partial charge in [0.05, 0.1) is 0 Å². The van der Waals surface area contributed by atoms with Gasteiger partial charge in [0.2, 0.25) is 5.91 Å². The van der Waals surface area contributed by atoms with Crippen LogP contribution >= 0.6 is 12.4 Å². The summed E-state index contributed by atoms with van der Waals surface area (Å²) < 4.78 is 0. The fourth-order valence-electron chi connectivity index (χ4n) is 3.52. The predicted octanol–water partition coefficient (Wildman–Crippen LogP) is 3.84. The summed E-state index contributed by atoms with van der Waals surface area (Å²) in [5.41, 5.74) is 2.41. The number of nitrogens with one attached hydrogen (secondary N) is 1. The van der Waals surface area contributed by atoms with Crippen molar-refractivity contribution in [2.24, 2.45) is 0 Å². The first-order valence-electron chi connectivity index (χ1n) is 8.82. The van der Waals surface area contributed by atoms with E-state index in [9.17, 15) is 4.79 Å². The van der Waals surface area contributed by atoms with Crippen LogP contribution in [0.4, 0.5) is 0 Å². The minimum Gasteiger partial charge on any atom is -0.343 e. The number of halogens is 1. The van der Waals surface area contributed by atoms with Gasteiger partial charge in [0.1, 0.15) is 0 Å². The monoisotopic (exact) mass is 358 g/mol. The van der Waals surface area contributed by atoms with E-state index in [0.29, 0.717) is 12.5 Å². The topological polar surface area (TPSA) is 32.3 Å². The number of hydrogen-bond acceptors (Lipinski definition) is 2. The molecule has 4 heteroatoms. The Hall–Kier alpha value is -1.84. The summed E-state index contributed by atoms with van der Waals surface area (Å²) in [6, 6.07) is 21.1. The SMILES string of the molecule is CN(C(=O)CC(c1ccccc1)c1ccccc1)C1CCNCC1.Cl. The van der Waals surface area contributed by atoms with E-state index in [1.165, 1.54) is 11.1 Å². The molecule has 1 saturated heterocycles. The van der Waals surface area contributed by atoms with Gasteiger partial charge in [0.15, 0.2) is 0 Å². The summed E-state index contributed by atoms with van der Waals surface area (Å²) in [5.74, 6) is 0.351. The van der Waals surface area contributed by atoms with Gasteiger partial charge < -0.3 is 10.2 Å². The maximum atomic E-state index is 12.9. The number of piperidine rings is 1. The number of nitrogens with zero attached hydrogens (tertiary/aromatic N) is 1. The lowest BCUT2D eigenvalue weighted by molar-refractivity contribution is -0.132. The van der Waals surface area contributed by atoms with Crippen molar-refractivity contribution in [3.63, 3.8) is 0 Å². The quantitative estimate of drug-likeness (QED) is 0.880. The van der Waals surface area contributed by atoms with Gasteiger partial charge in [-0.25, -0.2) is 0 Å². The van der Waals surface area contributed by atoms with Gasteiger partial charge in [0.25, 0.3) is 0 Å². The smallest absolute Gasteiger partial charge is 0.223 e. The number of amides is 1. The third-order valence-electron chi connectivity index (χ3n) is 5.03. The highest BCUT2D eigenvalue weighted by atomic mass is 35.5. The van der Waals surface area contributed by atoms with E-state index >= 15 is 0 Å². The van der Waals surface area contributed by atoms with Crippen LogP contribution in [0.3, 0.4) is 0 Å². The van der Waals surface area contributed by atoms with Crippen LogP contribution in [-0.2, 0) is 4.79 Å². The van der Waals surface area contributed by atoms with E-state index in [1.54, 1.807) is 0 Å². The summed E-state index contributed by atoms with van der Waals surface area (Å²) in [6.07, 6.45) is 2.61. The number of rotatable bonds is 5. The molecule has 0 aromatic heterocycles. The van der Waals surface area contributed by atoms with E-state index in [4.69, 9.17) is 0 Å². The molecule has 3 rings (SSSR count). The zero-order valence-corrected chi connectivity index (χ0v) is 15.5. The van der Waals surface area contributed by atoms with Crippen LogP contribution in [0.1, 0.15) is 36.3 Å². The van der Waals surface area contributed by atoms with Crippen molar-refractivity contribution in [1.82, 2.24) is 10.2 Å². The molecule has 0 saturated carbocycles. The summed E-state index contributed by atoms with van der Waals surface area (Å²) in [4.78, 5) is 14.9. The average molecular weight is 359 g/mol. The highest BCUT2D eigenvalue weighted by molar-refractivity contribution is 5.85. The molecule has 3 nitrogen and oxygen atoms in total. The van der Waals surface area contributed by atoms with Crippen molar-refractivity contribution in [3.8, 4) is 0 Å². The summed E-state index contributed by atoms with van der Waals surface area (Å²) >= 11 is 0. The van der Waals surface area contributed by atoms with E-state index in [-0.39, 0.29) is 24.2 Å². The number of benzene rings is 2. The second-order valence-electron chi connectivity index (χ2n) is 6.56. The average Bonchev–Trinajstić information content (AvgIpc) is 2.67. The van der Waals surface area contributed by atoms with Crippen LogP contribution in [-0.4, -0.2) is 37.0 Å². The Bertz CT molecular complexity index is 602. The van der Waals surface area contributed by atoms with Gasteiger partial charge >= 0.3 is 0 Å². The van der Waals surface area contributed by atoms with Crippen molar-refractivity contribution in [3.05, 3.63) is 71.8 Å². The van der Waals surface area contributed by atoms with Crippen LogP contribution in [0.15, 0.2) is 60.7 Å². The van der Waals surface area contributed by atoms with Crippen LogP contribution in [0.2, 0.25) is 0 Å². The Morgan fingerprint density at radius 2 is 1.48 bits per heavy atom. The Kier molecular flexibility index (Phi) is 7.48. The van der Waals surface area contributed by atoms with Gasteiger partial charge in [-0.15, -0.1) is 12.4 Å². The molecular formula is C21H27ClN2O. The molecule has 25 heavy (non-hydrogen) atoms. The standard InChI is InChI=1S/C21H26N2O.ClH/c1-23(19-12-14-22-15-13-19)21(24)16-20(17-8-4-2-5-9-17)18-10-6-3-7-11-18;/h2-11,19-20,22H,12-16H2,1H3;1H. The lowest BCUT2D eigenvalue weighted by Gasteiger charge is -2.32. The van der Waals surface area contributed by atoms with Gasteiger partial charge in [-0.1, -0.05) is 60.7 Å². The van der Waals surface area contributed by atoms with Gasteiger partial charge in [-0.3, -0.25) is 4.79 Å². The lowest BCUT2D eigenvalue weighted by atomic mass is 9.88. The molecule has 0 atom stereocenters. The molecular weight excluding hydrogens is 332 g/mol. The molecule has 2 aromatic rings. The first-order valence-corrected chi connectivity index (χ1v) is 8.82. The van der Waals surface area contributed by atoms with Crippen LogP contribution in [0.5, 0.6) is 0 Å². The van der Waals surface area contributed by atoms with Gasteiger partial charge in [-0.05, 0) is 37.1 Å². The first-order chi connectivity index (χ1) is 11.8. The minimum absolute atomic E-state index is 0. The fraction of sp³-hybridized carbons (Fsp3) is 0.381. The van der Waals surface area contributed by atoms with Gasteiger partial charge in [-0.2, -0.15) is 0 Å². The van der Waals surface area contributed by atoms with Crippen LogP contribution < -0.4 is 5.32 Å². The fourth-order valence-corrected chi connectivity index (χ4v) is 3.52. The number of carbonyl (C=O) groups excluding carboxylic acids is 1. The van der Waals surface area contributed by atoms with E-state index in [0.717, 1.165) is 25.9 Å². The van der Waals surface area contributed by atoms with E-state index in [2.05, 4.69) is 29.6 Å². The van der Waals surface area contributed by atoms with Crippen molar-refractivity contribution >= 4 is 18.3 Å². The Morgan fingerprint density at radius 1 is 1.00 bits per heavy atom. The number of hydrogen-bond donors (Lipinski definition) is 1. The van der Waals surface area contributed by atoms with Crippen molar-refractivity contribution in [1.29, 1.82) is 0 Å². The highest BCUT2D eigenvalue weighted by Gasteiger charge is 2.25. The second-order valence-corrected chi connectivity index (χ2v) is 6.56. The van der Waals surface area contributed by atoms with Crippen LogP contribution in [0.25, 0.3) is 0 Å². The zero-order valence-electron chi connectivity index (χ0n) is 14.7. The Balaban J connectivity index is 0.00000225. The predicted molar refractivity (Wildman–Crippen MR) is 105 cm³/mol. The maximum absolute atomic E-state index is 12.9. The van der Waals surface area contributed by atoms with Gasteiger partial charge in [0, 0.05) is 25.4 Å². The molecule has 1 amide bonds.